The molecule has 21 heavy (non-hydrogen) atoms. The number of hydrogen-bond donors (Lipinski definition) is 1. The fourth-order valence-corrected chi connectivity index (χ4v) is 4.10. The van der Waals surface area contributed by atoms with Crippen LogP contribution in [0.1, 0.15) is 53.4 Å². The van der Waals surface area contributed by atoms with Gasteiger partial charge in [-0.15, -0.1) is 0 Å². The molecule has 2 aliphatic carbocycles. The predicted octanol–water partition coefficient (Wildman–Crippen LogP) is 3.13. The molecule has 0 heterocycles. The highest BCUT2D eigenvalue weighted by Gasteiger charge is 2.43. The maximum absolute atomic E-state index is 6.31. The van der Waals surface area contributed by atoms with Gasteiger partial charge in [-0.25, -0.2) is 0 Å². The molecule has 0 spiro atoms. The van der Waals surface area contributed by atoms with Crippen LogP contribution in [0.3, 0.4) is 0 Å². The Balaban J connectivity index is 2.00. The summed E-state index contributed by atoms with van der Waals surface area (Å²) in [5, 5.41) is 0. The molecule has 2 rings (SSSR count). The van der Waals surface area contributed by atoms with Gasteiger partial charge in [0.1, 0.15) is 0 Å². The van der Waals surface area contributed by atoms with Crippen LogP contribution in [0.15, 0.2) is 0 Å². The van der Waals surface area contributed by atoms with Crippen LogP contribution in [0, 0.1) is 23.2 Å². The molecule has 0 aromatic carbocycles. The molecule has 0 aromatic rings. The van der Waals surface area contributed by atoms with E-state index in [1.165, 1.54) is 32.2 Å². The summed E-state index contributed by atoms with van der Waals surface area (Å²) in [7, 11) is 1.81. The molecule has 2 N–H and O–H groups in total. The Hall–Kier alpha value is -0.120. The van der Waals surface area contributed by atoms with Gasteiger partial charge in [-0.05, 0) is 55.8 Å². The van der Waals surface area contributed by atoms with E-state index in [0.29, 0.717) is 23.4 Å². The SMILES string of the molecule is COCCN(CC1CCC(N)C(C)C1(C)C)C(C)C1CC1. The predicted molar refractivity (Wildman–Crippen MR) is 89.3 cm³/mol. The summed E-state index contributed by atoms with van der Waals surface area (Å²) in [6.45, 7) is 12.7. The summed E-state index contributed by atoms with van der Waals surface area (Å²) in [6.07, 6.45) is 5.30. The van der Waals surface area contributed by atoms with Gasteiger partial charge in [0.25, 0.3) is 0 Å². The second-order valence-corrected chi connectivity index (χ2v) is 8.11. The van der Waals surface area contributed by atoms with Crippen LogP contribution in [0.4, 0.5) is 0 Å². The van der Waals surface area contributed by atoms with Gasteiger partial charge < -0.3 is 10.5 Å². The van der Waals surface area contributed by atoms with E-state index >= 15 is 0 Å². The molecule has 0 saturated heterocycles. The summed E-state index contributed by atoms with van der Waals surface area (Å²) in [5.74, 6) is 2.29. The minimum Gasteiger partial charge on any atom is -0.383 e. The first-order valence-corrected chi connectivity index (χ1v) is 8.86. The number of methoxy groups -OCH3 is 1. The molecule has 0 amide bonds. The van der Waals surface area contributed by atoms with Crippen molar-refractivity contribution >= 4 is 0 Å². The fourth-order valence-electron chi connectivity index (χ4n) is 4.10. The minimum absolute atomic E-state index is 0.340. The van der Waals surface area contributed by atoms with Gasteiger partial charge in [-0.3, -0.25) is 4.90 Å². The Kier molecular flexibility index (Phi) is 5.72. The van der Waals surface area contributed by atoms with Crippen LogP contribution < -0.4 is 5.73 Å². The molecular formula is C18H36N2O. The van der Waals surface area contributed by atoms with Crippen molar-refractivity contribution in [3.05, 3.63) is 0 Å². The number of rotatable bonds is 7. The van der Waals surface area contributed by atoms with Crippen LogP contribution in [-0.4, -0.2) is 43.8 Å². The molecule has 0 aromatic heterocycles. The highest BCUT2D eigenvalue weighted by molar-refractivity contribution is 4.96. The number of nitrogens with two attached hydrogens (primary N) is 1. The molecule has 124 valence electrons. The minimum atomic E-state index is 0.340. The van der Waals surface area contributed by atoms with E-state index in [9.17, 15) is 0 Å². The molecule has 0 radical (unpaired) electrons. The van der Waals surface area contributed by atoms with E-state index in [2.05, 4.69) is 32.6 Å². The Morgan fingerprint density at radius 1 is 1.24 bits per heavy atom. The lowest BCUT2D eigenvalue weighted by molar-refractivity contribution is 0.0106. The summed E-state index contributed by atoms with van der Waals surface area (Å²) in [6, 6.07) is 1.09. The van der Waals surface area contributed by atoms with Crippen LogP contribution in [0.2, 0.25) is 0 Å². The first-order chi connectivity index (χ1) is 9.87. The van der Waals surface area contributed by atoms with Crippen molar-refractivity contribution in [3.8, 4) is 0 Å². The van der Waals surface area contributed by atoms with Crippen molar-refractivity contribution in [1.29, 1.82) is 0 Å². The fraction of sp³-hybridized carbons (Fsp3) is 1.00. The van der Waals surface area contributed by atoms with Gasteiger partial charge in [-0.1, -0.05) is 20.8 Å². The lowest BCUT2D eigenvalue weighted by Gasteiger charge is -2.49. The molecule has 0 aliphatic heterocycles. The molecule has 3 heteroatoms. The summed E-state index contributed by atoms with van der Waals surface area (Å²) >= 11 is 0. The Bertz CT molecular complexity index is 327. The smallest absolute Gasteiger partial charge is 0.0589 e. The second-order valence-electron chi connectivity index (χ2n) is 8.11. The first-order valence-electron chi connectivity index (χ1n) is 8.86. The zero-order valence-corrected chi connectivity index (χ0v) is 14.8. The Morgan fingerprint density at radius 2 is 1.90 bits per heavy atom. The average molecular weight is 296 g/mol. The third-order valence-corrected chi connectivity index (χ3v) is 6.63. The van der Waals surface area contributed by atoms with Crippen LogP contribution in [0.5, 0.6) is 0 Å². The van der Waals surface area contributed by atoms with Crippen molar-refractivity contribution in [2.24, 2.45) is 28.9 Å². The third-order valence-electron chi connectivity index (χ3n) is 6.63. The van der Waals surface area contributed by atoms with E-state index in [0.717, 1.165) is 25.0 Å². The first kappa shape index (κ1) is 17.2. The Labute approximate surface area is 131 Å². The molecule has 2 aliphatic rings. The maximum atomic E-state index is 6.31. The molecule has 4 unspecified atom stereocenters. The maximum Gasteiger partial charge on any atom is 0.0589 e. The molecule has 3 nitrogen and oxygen atoms in total. The summed E-state index contributed by atoms with van der Waals surface area (Å²) < 4.78 is 5.34. The highest BCUT2D eigenvalue weighted by atomic mass is 16.5. The highest BCUT2D eigenvalue weighted by Crippen LogP contribution is 2.45. The quantitative estimate of drug-likeness (QED) is 0.784. The monoisotopic (exact) mass is 296 g/mol. The van der Waals surface area contributed by atoms with E-state index in [4.69, 9.17) is 10.5 Å². The zero-order valence-electron chi connectivity index (χ0n) is 14.8. The van der Waals surface area contributed by atoms with E-state index < -0.39 is 0 Å². The third kappa shape index (κ3) is 4.00. The van der Waals surface area contributed by atoms with Crippen LogP contribution >= 0.6 is 0 Å². The van der Waals surface area contributed by atoms with Gasteiger partial charge in [0.05, 0.1) is 6.61 Å². The van der Waals surface area contributed by atoms with Crippen molar-refractivity contribution in [3.63, 3.8) is 0 Å². The lowest BCUT2D eigenvalue weighted by atomic mass is 9.61. The standard InChI is InChI=1S/C18H36N2O/c1-13-17(19)9-8-16(18(13,3)4)12-20(10-11-21-5)14(2)15-6-7-15/h13-17H,6-12,19H2,1-5H3. The van der Waals surface area contributed by atoms with Crippen molar-refractivity contribution in [1.82, 2.24) is 4.90 Å². The molecule has 2 fully saturated rings. The largest absolute Gasteiger partial charge is 0.383 e. The Morgan fingerprint density at radius 3 is 2.48 bits per heavy atom. The van der Waals surface area contributed by atoms with Crippen molar-refractivity contribution in [2.45, 2.75) is 65.5 Å². The van der Waals surface area contributed by atoms with E-state index in [1.54, 1.807) is 0 Å². The number of hydrogen-bond acceptors (Lipinski definition) is 3. The molecular weight excluding hydrogens is 260 g/mol. The van der Waals surface area contributed by atoms with Gasteiger partial charge in [0.15, 0.2) is 0 Å². The topological polar surface area (TPSA) is 38.5 Å². The molecule has 4 atom stereocenters. The van der Waals surface area contributed by atoms with Crippen molar-refractivity contribution in [2.75, 3.05) is 26.8 Å². The average Bonchev–Trinajstić information content (AvgIpc) is 3.27. The van der Waals surface area contributed by atoms with Crippen LogP contribution in [0.25, 0.3) is 0 Å². The summed E-state index contributed by atoms with van der Waals surface area (Å²) in [5.41, 5.74) is 6.65. The van der Waals surface area contributed by atoms with E-state index in [1.807, 2.05) is 7.11 Å². The zero-order chi connectivity index (χ0) is 15.6. The molecule has 0 bridgehead atoms. The molecule has 2 saturated carbocycles. The van der Waals surface area contributed by atoms with Gasteiger partial charge >= 0.3 is 0 Å². The number of nitrogens with zero attached hydrogens (tertiary/aromatic N) is 1. The second kappa shape index (κ2) is 6.97. The normalized spacial score (nSPS) is 34.1. The van der Waals surface area contributed by atoms with Gasteiger partial charge in [0, 0.05) is 32.3 Å². The number of ether oxygens (including phenoxy) is 1. The van der Waals surface area contributed by atoms with Gasteiger partial charge in [0.2, 0.25) is 0 Å². The van der Waals surface area contributed by atoms with Gasteiger partial charge in [-0.2, -0.15) is 0 Å². The van der Waals surface area contributed by atoms with Crippen molar-refractivity contribution < 1.29 is 4.74 Å². The van der Waals surface area contributed by atoms with E-state index in [-0.39, 0.29) is 0 Å². The van der Waals surface area contributed by atoms with Crippen LogP contribution in [-0.2, 0) is 4.74 Å². The lowest BCUT2D eigenvalue weighted by Crippen LogP contribution is -2.51. The summed E-state index contributed by atoms with van der Waals surface area (Å²) in [4.78, 5) is 2.69.